The smallest absolute Gasteiger partial charge is 0.0361 e. The molecule has 2 aromatic carbocycles. The van der Waals surface area contributed by atoms with Crippen molar-refractivity contribution in [2.45, 2.75) is 26.9 Å². The Kier molecular flexibility index (Phi) is 4.80. The van der Waals surface area contributed by atoms with Crippen LogP contribution in [0.25, 0.3) is 0 Å². The summed E-state index contributed by atoms with van der Waals surface area (Å²) in [4.78, 5) is 2.12. The summed E-state index contributed by atoms with van der Waals surface area (Å²) >= 11 is 0. The van der Waals surface area contributed by atoms with Crippen molar-refractivity contribution in [1.82, 2.24) is 5.32 Å². The van der Waals surface area contributed by atoms with Crippen molar-refractivity contribution in [2.75, 3.05) is 19.0 Å². The largest absolute Gasteiger partial charge is 0.378 e. The van der Waals surface area contributed by atoms with E-state index in [9.17, 15) is 0 Å². The van der Waals surface area contributed by atoms with Gasteiger partial charge < -0.3 is 10.2 Å². The summed E-state index contributed by atoms with van der Waals surface area (Å²) in [6.07, 6.45) is 0. The molecule has 0 aliphatic carbocycles. The molecule has 0 heterocycles. The molecule has 106 valence electrons. The zero-order valence-electron chi connectivity index (χ0n) is 12.9. The molecule has 0 aliphatic rings. The molecule has 2 rings (SSSR count). The maximum atomic E-state index is 3.52. The number of rotatable bonds is 5. The normalized spacial score (nSPS) is 10.6. The topological polar surface area (TPSA) is 15.3 Å². The Morgan fingerprint density at radius 3 is 2.25 bits per heavy atom. The van der Waals surface area contributed by atoms with Gasteiger partial charge in [0, 0.05) is 32.9 Å². The molecule has 0 atom stereocenters. The van der Waals surface area contributed by atoms with E-state index in [1.54, 1.807) is 0 Å². The van der Waals surface area contributed by atoms with E-state index >= 15 is 0 Å². The highest BCUT2D eigenvalue weighted by Crippen LogP contribution is 2.14. The molecule has 1 N–H and O–H groups in total. The lowest BCUT2D eigenvalue weighted by Gasteiger charge is -2.13. The van der Waals surface area contributed by atoms with Gasteiger partial charge in [-0.25, -0.2) is 0 Å². The fraction of sp³-hybridized carbons (Fsp3) is 0.333. The number of nitrogens with one attached hydrogen (secondary N) is 1. The zero-order chi connectivity index (χ0) is 14.5. The van der Waals surface area contributed by atoms with Gasteiger partial charge in [0.15, 0.2) is 0 Å². The Labute approximate surface area is 122 Å². The van der Waals surface area contributed by atoms with Crippen molar-refractivity contribution in [3.63, 3.8) is 0 Å². The summed E-state index contributed by atoms with van der Waals surface area (Å²) in [6, 6.07) is 15.2. The highest BCUT2D eigenvalue weighted by Gasteiger charge is 2.01. The summed E-state index contributed by atoms with van der Waals surface area (Å²) in [5.74, 6) is 0. The number of aryl methyl sites for hydroxylation is 1. The molecule has 0 unspecified atom stereocenters. The van der Waals surface area contributed by atoms with Gasteiger partial charge in [-0.2, -0.15) is 0 Å². The van der Waals surface area contributed by atoms with Crippen LogP contribution in [-0.4, -0.2) is 14.1 Å². The van der Waals surface area contributed by atoms with Crippen molar-refractivity contribution in [2.24, 2.45) is 0 Å². The minimum absolute atomic E-state index is 0.904. The van der Waals surface area contributed by atoms with Gasteiger partial charge in [0.1, 0.15) is 0 Å². The molecule has 2 nitrogen and oxygen atoms in total. The van der Waals surface area contributed by atoms with Crippen molar-refractivity contribution >= 4 is 5.69 Å². The van der Waals surface area contributed by atoms with Crippen LogP contribution in [0, 0.1) is 13.8 Å². The van der Waals surface area contributed by atoms with Crippen molar-refractivity contribution in [1.29, 1.82) is 0 Å². The standard InChI is InChI=1S/C18H24N2/c1-14-6-5-7-17(15(14)2)13-19-12-16-8-10-18(11-9-16)20(3)4/h5-11,19H,12-13H2,1-4H3. The second-order valence-electron chi connectivity index (χ2n) is 5.52. The van der Waals surface area contributed by atoms with Gasteiger partial charge >= 0.3 is 0 Å². The van der Waals surface area contributed by atoms with Gasteiger partial charge in [-0.3, -0.25) is 0 Å². The Balaban J connectivity index is 1.91. The van der Waals surface area contributed by atoms with E-state index in [1.165, 1.54) is 27.9 Å². The Morgan fingerprint density at radius 2 is 1.60 bits per heavy atom. The second-order valence-corrected chi connectivity index (χ2v) is 5.52. The van der Waals surface area contributed by atoms with Crippen LogP contribution in [0.2, 0.25) is 0 Å². The first-order valence-corrected chi connectivity index (χ1v) is 7.10. The fourth-order valence-electron chi connectivity index (χ4n) is 2.26. The molecule has 0 fully saturated rings. The summed E-state index contributed by atoms with van der Waals surface area (Å²) in [5.41, 5.74) is 6.70. The number of nitrogens with zero attached hydrogens (tertiary/aromatic N) is 1. The predicted octanol–water partition coefficient (Wildman–Crippen LogP) is 3.66. The minimum atomic E-state index is 0.904. The molecular formula is C18H24N2. The fourth-order valence-corrected chi connectivity index (χ4v) is 2.26. The van der Waals surface area contributed by atoms with E-state index < -0.39 is 0 Å². The van der Waals surface area contributed by atoms with Crippen molar-refractivity contribution < 1.29 is 0 Å². The molecular weight excluding hydrogens is 244 g/mol. The van der Waals surface area contributed by atoms with Gasteiger partial charge in [0.05, 0.1) is 0 Å². The lowest BCUT2D eigenvalue weighted by atomic mass is 10.0. The molecule has 20 heavy (non-hydrogen) atoms. The first-order chi connectivity index (χ1) is 9.58. The molecule has 0 bridgehead atoms. The highest BCUT2D eigenvalue weighted by molar-refractivity contribution is 5.46. The SMILES string of the molecule is Cc1cccc(CNCc2ccc(N(C)C)cc2)c1C. The number of hydrogen-bond acceptors (Lipinski definition) is 2. The zero-order valence-corrected chi connectivity index (χ0v) is 12.9. The molecule has 0 aromatic heterocycles. The third-order valence-corrected chi connectivity index (χ3v) is 3.81. The van der Waals surface area contributed by atoms with Crippen molar-refractivity contribution in [3.8, 4) is 0 Å². The predicted molar refractivity (Wildman–Crippen MR) is 87.2 cm³/mol. The average Bonchev–Trinajstić information content (AvgIpc) is 2.44. The average molecular weight is 268 g/mol. The van der Waals surface area contributed by atoms with Crippen LogP contribution in [0.1, 0.15) is 22.3 Å². The van der Waals surface area contributed by atoms with E-state index in [-0.39, 0.29) is 0 Å². The number of hydrogen-bond donors (Lipinski definition) is 1. The van der Waals surface area contributed by atoms with E-state index in [2.05, 4.69) is 80.6 Å². The monoisotopic (exact) mass is 268 g/mol. The lowest BCUT2D eigenvalue weighted by Crippen LogP contribution is -2.14. The van der Waals surface area contributed by atoms with E-state index in [0.29, 0.717) is 0 Å². The van der Waals surface area contributed by atoms with Crippen LogP contribution in [0.5, 0.6) is 0 Å². The minimum Gasteiger partial charge on any atom is -0.378 e. The molecule has 0 amide bonds. The molecule has 2 heteroatoms. The highest BCUT2D eigenvalue weighted by atomic mass is 15.1. The van der Waals surface area contributed by atoms with E-state index in [4.69, 9.17) is 0 Å². The lowest BCUT2D eigenvalue weighted by molar-refractivity contribution is 0.690. The van der Waals surface area contributed by atoms with Crippen LogP contribution in [0.3, 0.4) is 0 Å². The summed E-state index contributed by atoms with van der Waals surface area (Å²) < 4.78 is 0. The first kappa shape index (κ1) is 14.6. The van der Waals surface area contributed by atoms with Gasteiger partial charge in [-0.1, -0.05) is 30.3 Å². The van der Waals surface area contributed by atoms with Crippen LogP contribution in [0.15, 0.2) is 42.5 Å². The Morgan fingerprint density at radius 1 is 0.900 bits per heavy atom. The summed E-state index contributed by atoms with van der Waals surface area (Å²) in [6.45, 7) is 6.18. The summed E-state index contributed by atoms with van der Waals surface area (Å²) in [5, 5.41) is 3.52. The second kappa shape index (κ2) is 6.58. The van der Waals surface area contributed by atoms with E-state index in [0.717, 1.165) is 13.1 Å². The van der Waals surface area contributed by atoms with Crippen LogP contribution in [-0.2, 0) is 13.1 Å². The summed E-state index contributed by atoms with van der Waals surface area (Å²) in [7, 11) is 4.13. The van der Waals surface area contributed by atoms with Gasteiger partial charge in [0.2, 0.25) is 0 Å². The first-order valence-electron chi connectivity index (χ1n) is 7.10. The molecule has 2 aromatic rings. The Hall–Kier alpha value is -1.80. The van der Waals surface area contributed by atoms with Gasteiger partial charge in [-0.05, 0) is 48.2 Å². The molecule has 0 radical (unpaired) electrons. The maximum absolute atomic E-state index is 3.52. The molecule has 0 aliphatic heterocycles. The number of benzene rings is 2. The maximum Gasteiger partial charge on any atom is 0.0361 e. The van der Waals surface area contributed by atoms with Gasteiger partial charge in [-0.15, -0.1) is 0 Å². The van der Waals surface area contributed by atoms with Crippen LogP contribution >= 0.6 is 0 Å². The van der Waals surface area contributed by atoms with Gasteiger partial charge in [0.25, 0.3) is 0 Å². The third-order valence-electron chi connectivity index (χ3n) is 3.81. The van der Waals surface area contributed by atoms with E-state index in [1.807, 2.05) is 0 Å². The number of anilines is 1. The van der Waals surface area contributed by atoms with Crippen LogP contribution in [0.4, 0.5) is 5.69 Å². The quantitative estimate of drug-likeness (QED) is 0.890. The van der Waals surface area contributed by atoms with Crippen molar-refractivity contribution in [3.05, 3.63) is 64.7 Å². The third kappa shape index (κ3) is 3.61. The van der Waals surface area contributed by atoms with Crippen LogP contribution < -0.4 is 10.2 Å². The molecule has 0 saturated carbocycles. The molecule has 0 spiro atoms. The Bertz CT molecular complexity index is 556. The molecule has 0 saturated heterocycles.